The lowest BCUT2D eigenvalue weighted by Gasteiger charge is -2.30. The molecule has 3 rings (SSSR count). The third kappa shape index (κ3) is 4.03. The van der Waals surface area contributed by atoms with Crippen LogP contribution in [-0.4, -0.2) is 41.2 Å². The molecule has 0 saturated carbocycles. The monoisotopic (exact) mass is 308 g/mol. The molecule has 0 atom stereocenters. The molecule has 1 N–H and O–H groups in total. The molecule has 0 spiro atoms. The van der Waals surface area contributed by atoms with E-state index < -0.39 is 0 Å². The molecule has 0 aliphatic carbocycles. The van der Waals surface area contributed by atoms with Crippen molar-refractivity contribution in [1.82, 2.24) is 20.4 Å². The number of benzene rings is 1. The first-order chi connectivity index (χ1) is 9.83. The highest BCUT2D eigenvalue weighted by atomic mass is 35.5. The van der Waals surface area contributed by atoms with Gasteiger partial charge in [0.2, 0.25) is 11.7 Å². The Morgan fingerprint density at radius 3 is 2.67 bits per heavy atom. The second-order valence-electron chi connectivity index (χ2n) is 5.27. The average Bonchev–Trinajstić information content (AvgIpc) is 2.97. The standard InChI is InChI=1S/C15H20N4O.ClH/c1-19(13-7-9-16-10-8-13)11-14-17-15(18-20-14)12-5-3-2-4-6-12;/h2-6,13,16H,7-11H2,1H3;1H. The van der Waals surface area contributed by atoms with Crippen LogP contribution >= 0.6 is 12.4 Å². The summed E-state index contributed by atoms with van der Waals surface area (Å²) in [4.78, 5) is 6.79. The van der Waals surface area contributed by atoms with E-state index in [2.05, 4.69) is 27.4 Å². The van der Waals surface area contributed by atoms with Crippen LogP contribution in [0.5, 0.6) is 0 Å². The van der Waals surface area contributed by atoms with Crippen molar-refractivity contribution in [2.45, 2.75) is 25.4 Å². The minimum Gasteiger partial charge on any atom is -0.338 e. The molecule has 1 aliphatic rings. The Morgan fingerprint density at radius 1 is 1.24 bits per heavy atom. The van der Waals surface area contributed by atoms with Crippen molar-refractivity contribution in [3.05, 3.63) is 36.2 Å². The predicted octanol–water partition coefficient (Wildman–Crippen LogP) is 2.34. The molecular weight excluding hydrogens is 288 g/mol. The van der Waals surface area contributed by atoms with E-state index in [1.807, 2.05) is 30.3 Å². The third-order valence-electron chi connectivity index (χ3n) is 3.82. The summed E-state index contributed by atoms with van der Waals surface area (Å²) in [6, 6.07) is 10.5. The van der Waals surface area contributed by atoms with Gasteiger partial charge < -0.3 is 9.84 Å². The summed E-state index contributed by atoms with van der Waals surface area (Å²) in [7, 11) is 2.13. The van der Waals surface area contributed by atoms with Gasteiger partial charge in [-0.05, 0) is 33.0 Å². The summed E-state index contributed by atoms with van der Waals surface area (Å²) in [6.07, 6.45) is 2.35. The van der Waals surface area contributed by atoms with Crippen molar-refractivity contribution in [2.24, 2.45) is 0 Å². The molecule has 1 aromatic carbocycles. The largest absolute Gasteiger partial charge is 0.338 e. The van der Waals surface area contributed by atoms with Crippen LogP contribution in [0, 0.1) is 0 Å². The van der Waals surface area contributed by atoms with Crippen molar-refractivity contribution < 1.29 is 4.52 Å². The lowest BCUT2D eigenvalue weighted by Crippen LogP contribution is -2.40. The molecule has 1 aliphatic heterocycles. The first-order valence-electron chi connectivity index (χ1n) is 7.12. The van der Waals surface area contributed by atoms with E-state index in [9.17, 15) is 0 Å². The lowest BCUT2D eigenvalue weighted by atomic mass is 10.1. The van der Waals surface area contributed by atoms with Gasteiger partial charge in [0.05, 0.1) is 6.54 Å². The normalized spacial score (nSPS) is 15.9. The average molecular weight is 309 g/mol. The predicted molar refractivity (Wildman–Crippen MR) is 84.3 cm³/mol. The van der Waals surface area contributed by atoms with Crippen molar-refractivity contribution in [3.63, 3.8) is 0 Å². The Morgan fingerprint density at radius 2 is 1.95 bits per heavy atom. The van der Waals surface area contributed by atoms with Gasteiger partial charge in [0.1, 0.15) is 0 Å². The molecule has 1 saturated heterocycles. The topological polar surface area (TPSA) is 54.2 Å². The minimum atomic E-state index is 0. The van der Waals surface area contributed by atoms with Crippen LogP contribution in [0.25, 0.3) is 11.4 Å². The van der Waals surface area contributed by atoms with Crippen LogP contribution in [0.2, 0.25) is 0 Å². The molecule has 0 bridgehead atoms. The number of hydrogen-bond acceptors (Lipinski definition) is 5. The number of rotatable bonds is 4. The van der Waals surface area contributed by atoms with Gasteiger partial charge in [0, 0.05) is 11.6 Å². The molecule has 1 fully saturated rings. The van der Waals surface area contributed by atoms with Crippen LogP contribution in [0.15, 0.2) is 34.9 Å². The lowest BCUT2D eigenvalue weighted by molar-refractivity contribution is 0.171. The second-order valence-corrected chi connectivity index (χ2v) is 5.27. The number of nitrogens with zero attached hydrogens (tertiary/aromatic N) is 3. The molecule has 21 heavy (non-hydrogen) atoms. The Kier molecular flexibility index (Phi) is 5.73. The van der Waals surface area contributed by atoms with Crippen LogP contribution in [-0.2, 0) is 6.54 Å². The number of nitrogens with one attached hydrogen (secondary N) is 1. The maximum Gasteiger partial charge on any atom is 0.241 e. The Bertz CT molecular complexity index is 540. The molecular formula is C15H21ClN4O. The van der Waals surface area contributed by atoms with Gasteiger partial charge in [0.25, 0.3) is 0 Å². The number of halogens is 1. The first kappa shape index (κ1) is 15.9. The number of aromatic nitrogens is 2. The van der Waals surface area contributed by atoms with E-state index in [-0.39, 0.29) is 12.4 Å². The fourth-order valence-corrected chi connectivity index (χ4v) is 2.61. The van der Waals surface area contributed by atoms with E-state index in [4.69, 9.17) is 4.52 Å². The van der Waals surface area contributed by atoms with E-state index in [1.54, 1.807) is 0 Å². The van der Waals surface area contributed by atoms with Gasteiger partial charge in [-0.3, -0.25) is 4.90 Å². The molecule has 0 unspecified atom stereocenters. The van der Waals surface area contributed by atoms with E-state index in [0.717, 1.165) is 18.7 Å². The van der Waals surface area contributed by atoms with Crippen LogP contribution in [0.3, 0.4) is 0 Å². The molecule has 2 aromatic rings. The van der Waals surface area contributed by atoms with Crippen LogP contribution in [0.1, 0.15) is 18.7 Å². The maximum atomic E-state index is 5.36. The van der Waals surface area contributed by atoms with E-state index >= 15 is 0 Å². The highest BCUT2D eigenvalue weighted by molar-refractivity contribution is 5.85. The Hall–Kier alpha value is -1.43. The summed E-state index contributed by atoms with van der Waals surface area (Å²) in [5.41, 5.74) is 0.993. The van der Waals surface area contributed by atoms with Crippen molar-refractivity contribution in [1.29, 1.82) is 0 Å². The summed E-state index contributed by atoms with van der Waals surface area (Å²) in [5.74, 6) is 1.35. The third-order valence-corrected chi connectivity index (χ3v) is 3.82. The summed E-state index contributed by atoms with van der Waals surface area (Å²) < 4.78 is 5.36. The maximum absolute atomic E-state index is 5.36. The van der Waals surface area contributed by atoms with Gasteiger partial charge in [0.15, 0.2) is 0 Å². The Balaban J connectivity index is 0.00000161. The highest BCUT2D eigenvalue weighted by Gasteiger charge is 2.19. The number of hydrogen-bond donors (Lipinski definition) is 1. The molecule has 0 amide bonds. The van der Waals surface area contributed by atoms with Crippen molar-refractivity contribution in [2.75, 3.05) is 20.1 Å². The molecule has 2 heterocycles. The van der Waals surface area contributed by atoms with Crippen molar-refractivity contribution in [3.8, 4) is 11.4 Å². The van der Waals surface area contributed by atoms with E-state index in [0.29, 0.717) is 24.3 Å². The van der Waals surface area contributed by atoms with Gasteiger partial charge in [-0.1, -0.05) is 35.5 Å². The molecule has 1 aromatic heterocycles. The SMILES string of the molecule is CN(Cc1nc(-c2ccccc2)no1)C1CCNCC1.Cl. The van der Waals surface area contributed by atoms with Gasteiger partial charge in [-0.15, -0.1) is 12.4 Å². The zero-order valence-corrected chi connectivity index (χ0v) is 13.0. The number of piperidine rings is 1. The molecule has 5 nitrogen and oxygen atoms in total. The van der Waals surface area contributed by atoms with Crippen LogP contribution < -0.4 is 5.32 Å². The smallest absolute Gasteiger partial charge is 0.241 e. The van der Waals surface area contributed by atoms with Gasteiger partial charge in [-0.25, -0.2) is 0 Å². The Labute approximate surface area is 131 Å². The van der Waals surface area contributed by atoms with Gasteiger partial charge >= 0.3 is 0 Å². The molecule has 6 heteroatoms. The molecule has 114 valence electrons. The summed E-state index contributed by atoms with van der Waals surface area (Å²) in [5, 5.41) is 7.44. The molecule has 0 radical (unpaired) electrons. The summed E-state index contributed by atoms with van der Waals surface area (Å²) >= 11 is 0. The van der Waals surface area contributed by atoms with Crippen molar-refractivity contribution >= 4 is 12.4 Å². The zero-order valence-electron chi connectivity index (χ0n) is 12.2. The fraction of sp³-hybridized carbons (Fsp3) is 0.467. The minimum absolute atomic E-state index is 0. The van der Waals surface area contributed by atoms with Gasteiger partial charge in [-0.2, -0.15) is 4.98 Å². The quantitative estimate of drug-likeness (QED) is 0.939. The summed E-state index contributed by atoms with van der Waals surface area (Å²) in [6.45, 7) is 2.90. The van der Waals surface area contributed by atoms with Crippen LogP contribution in [0.4, 0.5) is 0 Å². The van der Waals surface area contributed by atoms with E-state index in [1.165, 1.54) is 12.8 Å². The zero-order chi connectivity index (χ0) is 13.8. The first-order valence-corrected chi connectivity index (χ1v) is 7.12. The second kappa shape index (κ2) is 7.54. The highest BCUT2D eigenvalue weighted by Crippen LogP contribution is 2.17. The fourth-order valence-electron chi connectivity index (χ4n) is 2.61.